The summed E-state index contributed by atoms with van der Waals surface area (Å²) in [4.78, 5) is 55.6. The lowest BCUT2D eigenvalue weighted by molar-refractivity contribution is -0.143. The van der Waals surface area contributed by atoms with Crippen molar-refractivity contribution in [3.8, 4) is 5.75 Å². The number of nitrogens with two attached hydrogens (primary N) is 3. The molecular weight excluding hydrogens is 470 g/mol. The van der Waals surface area contributed by atoms with Crippen molar-refractivity contribution in [2.24, 2.45) is 22.2 Å². The molecule has 1 aliphatic rings. The fourth-order valence-electron chi connectivity index (χ4n) is 3.95. The normalized spacial score (nSPS) is 17.5. The molecule has 3 amide bonds. The number of carbonyl (C=O) groups excluding carboxylic acids is 3. The maximum Gasteiger partial charge on any atom is 0.326 e. The predicted octanol–water partition coefficient (Wildman–Crippen LogP) is -1.62. The van der Waals surface area contributed by atoms with Gasteiger partial charge in [0.25, 0.3) is 0 Å². The molecular formula is C23H35N7O6. The van der Waals surface area contributed by atoms with Crippen LogP contribution in [0.2, 0.25) is 0 Å². The molecule has 36 heavy (non-hydrogen) atoms. The van der Waals surface area contributed by atoms with E-state index in [4.69, 9.17) is 17.2 Å². The molecule has 4 unspecified atom stereocenters. The van der Waals surface area contributed by atoms with Crippen LogP contribution in [-0.2, 0) is 25.6 Å². The van der Waals surface area contributed by atoms with Crippen molar-refractivity contribution in [2.45, 2.75) is 63.2 Å². The third-order valence-corrected chi connectivity index (χ3v) is 5.80. The average Bonchev–Trinajstić information content (AvgIpc) is 3.31. The molecule has 0 aromatic heterocycles. The van der Waals surface area contributed by atoms with Crippen LogP contribution in [0.3, 0.4) is 0 Å². The molecule has 0 saturated carbocycles. The number of likely N-dealkylation sites (tertiary alicyclic amines) is 1. The van der Waals surface area contributed by atoms with Crippen LogP contribution < -0.4 is 27.8 Å². The maximum atomic E-state index is 13.1. The summed E-state index contributed by atoms with van der Waals surface area (Å²) in [5.41, 5.74) is 17.0. The molecule has 0 radical (unpaired) electrons. The number of aliphatic imine (C=N–C) groups is 1. The number of aliphatic carboxylic acids is 1. The zero-order valence-corrected chi connectivity index (χ0v) is 20.2. The molecule has 13 nitrogen and oxygen atoms in total. The quantitative estimate of drug-likeness (QED) is 0.0982. The van der Waals surface area contributed by atoms with Gasteiger partial charge in [-0.05, 0) is 50.3 Å². The molecule has 1 heterocycles. The Hall–Kier alpha value is -3.87. The van der Waals surface area contributed by atoms with Crippen molar-refractivity contribution in [2.75, 3.05) is 13.1 Å². The number of benzene rings is 1. The Morgan fingerprint density at radius 3 is 2.39 bits per heavy atom. The highest BCUT2D eigenvalue weighted by Gasteiger charge is 2.37. The number of carbonyl (C=O) groups is 4. The van der Waals surface area contributed by atoms with Crippen molar-refractivity contribution in [1.29, 1.82) is 0 Å². The summed E-state index contributed by atoms with van der Waals surface area (Å²) in [5, 5.41) is 24.2. The van der Waals surface area contributed by atoms with Gasteiger partial charge in [0.2, 0.25) is 17.7 Å². The van der Waals surface area contributed by atoms with Gasteiger partial charge in [0.05, 0.1) is 6.04 Å². The second kappa shape index (κ2) is 13.3. The summed E-state index contributed by atoms with van der Waals surface area (Å²) >= 11 is 0. The van der Waals surface area contributed by atoms with Crippen molar-refractivity contribution in [3.05, 3.63) is 29.8 Å². The van der Waals surface area contributed by atoms with Gasteiger partial charge in [-0.2, -0.15) is 0 Å². The molecule has 0 aliphatic carbocycles. The zero-order chi connectivity index (χ0) is 26.8. The van der Waals surface area contributed by atoms with E-state index in [-0.39, 0.29) is 37.0 Å². The number of phenols is 1. The minimum Gasteiger partial charge on any atom is -0.508 e. The van der Waals surface area contributed by atoms with Gasteiger partial charge in [-0.15, -0.1) is 0 Å². The third kappa shape index (κ3) is 8.41. The summed E-state index contributed by atoms with van der Waals surface area (Å²) in [6.07, 6.45) is 1.47. The van der Waals surface area contributed by atoms with Crippen LogP contribution in [0.25, 0.3) is 0 Å². The number of amides is 3. The summed E-state index contributed by atoms with van der Waals surface area (Å²) in [5.74, 6) is -2.92. The lowest BCUT2D eigenvalue weighted by Crippen LogP contribution is -2.56. The van der Waals surface area contributed by atoms with Crippen LogP contribution in [0.1, 0.15) is 38.2 Å². The van der Waals surface area contributed by atoms with Crippen LogP contribution in [0.4, 0.5) is 0 Å². The second-order valence-corrected chi connectivity index (χ2v) is 8.76. The summed E-state index contributed by atoms with van der Waals surface area (Å²) in [6, 6.07) is 2.03. The fraction of sp³-hybridized carbons (Fsp3) is 0.522. The molecule has 13 heteroatoms. The number of hydrogen-bond acceptors (Lipinski definition) is 7. The molecule has 1 saturated heterocycles. The summed E-state index contributed by atoms with van der Waals surface area (Å²) < 4.78 is 0. The Morgan fingerprint density at radius 2 is 1.81 bits per heavy atom. The molecule has 0 bridgehead atoms. The highest BCUT2D eigenvalue weighted by molar-refractivity contribution is 5.94. The molecule has 10 N–H and O–H groups in total. The first-order valence-electron chi connectivity index (χ1n) is 11.7. The van der Waals surface area contributed by atoms with E-state index in [1.54, 1.807) is 12.1 Å². The van der Waals surface area contributed by atoms with E-state index in [1.165, 1.54) is 24.0 Å². The molecule has 1 aromatic rings. The average molecular weight is 506 g/mol. The molecule has 1 fully saturated rings. The Kier molecular flexibility index (Phi) is 10.5. The minimum atomic E-state index is -1.28. The number of phenolic OH excluding ortho intramolecular Hbond substituents is 1. The van der Waals surface area contributed by atoms with E-state index < -0.39 is 42.0 Å². The monoisotopic (exact) mass is 505 g/mol. The number of nitrogens with one attached hydrogen (secondary N) is 2. The Bertz CT molecular complexity index is 962. The van der Waals surface area contributed by atoms with Crippen molar-refractivity contribution in [3.63, 3.8) is 0 Å². The van der Waals surface area contributed by atoms with Gasteiger partial charge >= 0.3 is 5.97 Å². The van der Waals surface area contributed by atoms with E-state index in [1.807, 2.05) is 0 Å². The number of rotatable bonds is 12. The molecule has 1 aromatic carbocycles. The minimum absolute atomic E-state index is 0.0293. The SMILES string of the molecule is CC(N)C(=O)N1CCCC1C(=O)NC(CCCN=C(N)N)C(=O)NC(Cc1ccc(O)cc1)C(=O)O. The van der Waals surface area contributed by atoms with Gasteiger partial charge in [0, 0.05) is 19.5 Å². The summed E-state index contributed by atoms with van der Waals surface area (Å²) in [7, 11) is 0. The molecule has 0 spiro atoms. The second-order valence-electron chi connectivity index (χ2n) is 8.76. The van der Waals surface area contributed by atoms with Crippen molar-refractivity contribution >= 4 is 29.7 Å². The van der Waals surface area contributed by atoms with Gasteiger partial charge < -0.3 is 42.9 Å². The Balaban J connectivity index is 2.14. The number of guanidine groups is 1. The first kappa shape index (κ1) is 28.4. The lowest BCUT2D eigenvalue weighted by atomic mass is 10.0. The first-order chi connectivity index (χ1) is 17.0. The van der Waals surface area contributed by atoms with Crippen LogP contribution >= 0.6 is 0 Å². The van der Waals surface area contributed by atoms with E-state index in [0.717, 1.165) is 0 Å². The van der Waals surface area contributed by atoms with Gasteiger partial charge in [-0.3, -0.25) is 19.4 Å². The van der Waals surface area contributed by atoms with Crippen molar-refractivity contribution < 1.29 is 29.4 Å². The number of carboxylic acids is 1. The molecule has 1 aliphatic heterocycles. The van der Waals surface area contributed by atoms with Gasteiger partial charge in [-0.25, -0.2) is 4.79 Å². The topological polar surface area (TPSA) is 226 Å². The molecule has 198 valence electrons. The molecule has 4 atom stereocenters. The van der Waals surface area contributed by atoms with Gasteiger partial charge in [0.1, 0.15) is 23.9 Å². The number of carboxylic acid groups (broad SMARTS) is 1. The highest BCUT2D eigenvalue weighted by atomic mass is 16.4. The smallest absolute Gasteiger partial charge is 0.326 e. The molecule has 2 rings (SSSR count). The predicted molar refractivity (Wildman–Crippen MR) is 132 cm³/mol. The van der Waals surface area contributed by atoms with E-state index in [0.29, 0.717) is 31.4 Å². The van der Waals surface area contributed by atoms with E-state index >= 15 is 0 Å². The highest BCUT2D eigenvalue weighted by Crippen LogP contribution is 2.19. The Morgan fingerprint density at radius 1 is 1.14 bits per heavy atom. The maximum absolute atomic E-state index is 13.1. The number of aromatic hydroxyl groups is 1. The Labute approximate surface area is 209 Å². The standard InChI is InChI=1S/C23H35N7O6/c1-13(24)21(34)30-11-3-5-18(30)20(33)28-16(4-2-10-27-23(25)26)19(32)29-17(22(35)36)12-14-6-8-15(31)9-7-14/h6-9,13,16-18,31H,2-5,10-12,24H2,1H3,(H,28,33)(H,29,32)(H,35,36)(H4,25,26,27). The number of hydrogen-bond donors (Lipinski definition) is 7. The fourth-order valence-corrected chi connectivity index (χ4v) is 3.95. The largest absolute Gasteiger partial charge is 0.508 e. The van der Waals surface area contributed by atoms with E-state index in [2.05, 4.69) is 15.6 Å². The first-order valence-corrected chi connectivity index (χ1v) is 11.7. The van der Waals surface area contributed by atoms with Crippen LogP contribution in [-0.4, -0.2) is 82.0 Å². The van der Waals surface area contributed by atoms with Gasteiger partial charge in [0.15, 0.2) is 5.96 Å². The van der Waals surface area contributed by atoms with E-state index in [9.17, 15) is 29.4 Å². The van der Waals surface area contributed by atoms with Crippen molar-refractivity contribution in [1.82, 2.24) is 15.5 Å². The zero-order valence-electron chi connectivity index (χ0n) is 20.2. The van der Waals surface area contributed by atoms with Crippen LogP contribution in [0, 0.1) is 0 Å². The van der Waals surface area contributed by atoms with Crippen LogP contribution in [0.15, 0.2) is 29.3 Å². The third-order valence-electron chi connectivity index (χ3n) is 5.80. The van der Waals surface area contributed by atoms with Gasteiger partial charge in [-0.1, -0.05) is 12.1 Å². The lowest BCUT2D eigenvalue weighted by Gasteiger charge is -2.28. The number of nitrogens with zero attached hydrogens (tertiary/aromatic N) is 2. The summed E-state index contributed by atoms with van der Waals surface area (Å²) in [6.45, 7) is 2.12. The van der Waals surface area contributed by atoms with Crippen LogP contribution in [0.5, 0.6) is 5.75 Å².